The van der Waals surface area contributed by atoms with Crippen molar-refractivity contribution in [3.63, 3.8) is 0 Å². The Balaban J connectivity index is 2.21. The zero-order chi connectivity index (χ0) is 12.4. The van der Waals surface area contributed by atoms with Crippen molar-refractivity contribution in [2.75, 3.05) is 18.0 Å². The predicted octanol–water partition coefficient (Wildman–Crippen LogP) is 4.67. The minimum absolute atomic E-state index is 0.710. The molecular formula is C13H17Br2NS. The van der Waals surface area contributed by atoms with Crippen LogP contribution in [0.3, 0.4) is 0 Å². The number of hydrogen-bond acceptors (Lipinski definition) is 2. The Hall–Kier alpha value is 0.330. The second-order valence-corrected chi connectivity index (χ2v) is 7.88. The number of anilines is 1. The van der Waals surface area contributed by atoms with E-state index in [9.17, 15) is 0 Å². The van der Waals surface area contributed by atoms with Gasteiger partial charge >= 0.3 is 0 Å². The number of rotatable bonds is 2. The van der Waals surface area contributed by atoms with Crippen molar-refractivity contribution in [3.05, 3.63) is 28.2 Å². The molecule has 0 spiro atoms. The highest BCUT2D eigenvalue weighted by atomic mass is 79.9. The highest BCUT2D eigenvalue weighted by Gasteiger charge is 2.23. The van der Waals surface area contributed by atoms with Gasteiger partial charge in [0.2, 0.25) is 0 Å². The number of alkyl halides is 1. The van der Waals surface area contributed by atoms with Crippen LogP contribution < -0.4 is 4.90 Å². The van der Waals surface area contributed by atoms with Crippen LogP contribution in [0.4, 0.5) is 5.69 Å². The summed E-state index contributed by atoms with van der Waals surface area (Å²) in [4.78, 5) is 2.49. The maximum Gasteiger partial charge on any atom is 0.0511 e. The molecule has 0 aromatic heterocycles. The van der Waals surface area contributed by atoms with E-state index in [2.05, 4.69) is 80.6 Å². The van der Waals surface area contributed by atoms with Crippen LogP contribution in [0.25, 0.3) is 0 Å². The number of thioether (sulfide) groups is 1. The molecule has 94 valence electrons. The second kappa shape index (κ2) is 5.98. The molecule has 0 bridgehead atoms. The third kappa shape index (κ3) is 3.42. The smallest absolute Gasteiger partial charge is 0.0511 e. The molecule has 17 heavy (non-hydrogen) atoms. The van der Waals surface area contributed by atoms with Crippen LogP contribution in [-0.2, 0) is 5.33 Å². The van der Waals surface area contributed by atoms with Crippen LogP contribution in [-0.4, -0.2) is 23.6 Å². The first-order valence-electron chi connectivity index (χ1n) is 5.85. The summed E-state index contributed by atoms with van der Waals surface area (Å²) in [6.07, 6.45) is 0. The van der Waals surface area contributed by atoms with Gasteiger partial charge in [-0.3, -0.25) is 0 Å². The van der Waals surface area contributed by atoms with Crippen LogP contribution >= 0.6 is 43.6 Å². The Bertz CT molecular complexity index is 387. The SMILES string of the molecule is CC1CN(c2ccc(CBr)cc2Br)CC(C)S1. The van der Waals surface area contributed by atoms with Crippen molar-refractivity contribution in [3.8, 4) is 0 Å². The van der Waals surface area contributed by atoms with E-state index in [1.54, 1.807) is 0 Å². The van der Waals surface area contributed by atoms with Gasteiger partial charge in [0.05, 0.1) is 5.69 Å². The highest BCUT2D eigenvalue weighted by molar-refractivity contribution is 9.10. The molecule has 1 aliphatic heterocycles. The molecule has 1 nitrogen and oxygen atoms in total. The molecule has 0 saturated carbocycles. The van der Waals surface area contributed by atoms with E-state index in [1.165, 1.54) is 15.7 Å². The third-order valence-corrected chi connectivity index (χ3v) is 5.44. The van der Waals surface area contributed by atoms with Gasteiger partial charge in [-0.1, -0.05) is 35.8 Å². The van der Waals surface area contributed by atoms with Gasteiger partial charge < -0.3 is 4.90 Å². The number of hydrogen-bond donors (Lipinski definition) is 0. The van der Waals surface area contributed by atoms with Crippen LogP contribution in [0.5, 0.6) is 0 Å². The molecule has 1 aliphatic rings. The molecule has 1 aromatic carbocycles. The molecule has 2 atom stereocenters. The Morgan fingerprint density at radius 1 is 1.29 bits per heavy atom. The van der Waals surface area contributed by atoms with Gasteiger partial charge in [0.15, 0.2) is 0 Å². The average molecular weight is 379 g/mol. The molecule has 2 unspecified atom stereocenters. The van der Waals surface area contributed by atoms with Crippen molar-refractivity contribution in [2.45, 2.75) is 29.7 Å². The summed E-state index contributed by atoms with van der Waals surface area (Å²) in [7, 11) is 0. The van der Waals surface area contributed by atoms with E-state index in [-0.39, 0.29) is 0 Å². The van der Waals surface area contributed by atoms with E-state index < -0.39 is 0 Å². The molecule has 0 aliphatic carbocycles. The van der Waals surface area contributed by atoms with Crippen LogP contribution in [0.1, 0.15) is 19.4 Å². The Morgan fingerprint density at radius 3 is 2.47 bits per heavy atom. The van der Waals surface area contributed by atoms with Crippen molar-refractivity contribution in [1.29, 1.82) is 0 Å². The monoisotopic (exact) mass is 377 g/mol. The van der Waals surface area contributed by atoms with E-state index in [1.807, 2.05) is 0 Å². The normalized spacial score (nSPS) is 25.1. The predicted molar refractivity (Wildman–Crippen MR) is 85.5 cm³/mol. The zero-order valence-corrected chi connectivity index (χ0v) is 14.1. The Kier molecular flexibility index (Phi) is 4.84. The van der Waals surface area contributed by atoms with E-state index in [0.29, 0.717) is 10.5 Å². The molecule has 1 heterocycles. The second-order valence-electron chi connectivity index (χ2n) is 4.58. The van der Waals surface area contributed by atoms with Crippen LogP contribution in [0.15, 0.2) is 22.7 Å². The lowest BCUT2D eigenvalue weighted by Crippen LogP contribution is -2.40. The largest absolute Gasteiger partial charge is 0.368 e. The summed E-state index contributed by atoms with van der Waals surface area (Å²) < 4.78 is 1.21. The standard InChI is InChI=1S/C13H17Br2NS/c1-9-7-16(8-10(2)17-9)13-4-3-11(6-14)5-12(13)15/h3-5,9-10H,6-8H2,1-2H3. The minimum atomic E-state index is 0.710. The summed E-state index contributed by atoms with van der Waals surface area (Å²) in [6.45, 7) is 6.91. The Morgan fingerprint density at radius 2 is 1.94 bits per heavy atom. The van der Waals surface area contributed by atoms with Gasteiger partial charge in [0, 0.05) is 33.4 Å². The van der Waals surface area contributed by atoms with Crippen molar-refractivity contribution in [1.82, 2.24) is 0 Å². The first-order valence-corrected chi connectivity index (χ1v) is 8.70. The summed E-state index contributed by atoms with van der Waals surface area (Å²) in [5.41, 5.74) is 2.64. The summed E-state index contributed by atoms with van der Waals surface area (Å²) in [5, 5.41) is 2.33. The van der Waals surface area contributed by atoms with Crippen molar-refractivity contribution >= 4 is 49.3 Å². The molecular weight excluding hydrogens is 362 g/mol. The molecule has 2 rings (SSSR count). The van der Waals surface area contributed by atoms with Crippen molar-refractivity contribution < 1.29 is 0 Å². The molecule has 0 radical (unpaired) electrons. The maximum atomic E-state index is 3.69. The summed E-state index contributed by atoms with van der Waals surface area (Å²) >= 11 is 9.28. The molecule has 1 aromatic rings. The summed E-state index contributed by atoms with van der Waals surface area (Å²) in [5.74, 6) is 0. The van der Waals surface area contributed by atoms with Gasteiger partial charge in [-0.25, -0.2) is 0 Å². The fraction of sp³-hybridized carbons (Fsp3) is 0.538. The molecule has 4 heteroatoms. The molecule has 1 fully saturated rings. The first-order chi connectivity index (χ1) is 8.10. The van der Waals surface area contributed by atoms with Gasteiger partial charge in [-0.15, -0.1) is 0 Å². The number of halogens is 2. The number of nitrogens with zero attached hydrogens (tertiary/aromatic N) is 1. The topological polar surface area (TPSA) is 3.24 Å². The van der Waals surface area contributed by atoms with E-state index in [0.717, 1.165) is 18.4 Å². The lowest BCUT2D eigenvalue weighted by Gasteiger charge is -2.36. The molecule has 0 amide bonds. The fourth-order valence-corrected chi connectivity index (χ4v) is 4.62. The van der Waals surface area contributed by atoms with Gasteiger partial charge in [0.25, 0.3) is 0 Å². The van der Waals surface area contributed by atoms with Gasteiger partial charge in [-0.2, -0.15) is 11.8 Å². The van der Waals surface area contributed by atoms with Crippen LogP contribution in [0.2, 0.25) is 0 Å². The average Bonchev–Trinajstić information content (AvgIpc) is 2.27. The lowest BCUT2D eigenvalue weighted by atomic mass is 10.2. The third-order valence-electron chi connectivity index (χ3n) is 2.93. The molecule has 1 saturated heterocycles. The highest BCUT2D eigenvalue weighted by Crippen LogP contribution is 2.33. The van der Waals surface area contributed by atoms with E-state index in [4.69, 9.17) is 0 Å². The van der Waals surface area contributed by atoms with Gasteiger partial charge in [0.1, 0.15) is 0 Å². The molecule has 0 N–H and O–H groups in total. The maximum absolute atomic E-state index is 3.69. The quantitative estimate of drug-likeness (QED) is 0.687. The number of benzene rings is 1. The zero-order valence-electron chi connectivity index (χ0n) is 10.1. The van der Waals surface area contributed by atoms with E-state index >= 15 is 0 Å². The minimum Gasteiger partial charge on any atom is -0.368 e. The fourth-order valence-electron chi connectivity index (χ4n) is 2.26. The van der Waals surface area contributed by atoms with Crippen LogP contribution in [0, 0.1) is 0 Å². The van der Waals surface area contributed by atoms with Crippen molar-refractivity contribution in [2.24, 2.45) is 0 Å². The summed E-state index contributed by atoms with van der Waals surface area (Å²) in [6, 6.07) is 6.64. The lowest BCUT2D eigenvalue weighted by molar-refractivity contribution is 0.727. The first kappa shape index (κ1) is 13.8. The van der Waals surface area contributed by atoms with Gasteiger partial charge in [-0.05, 0) is 33.6 Å². The Labute approximate surface area is 125 Å².